The maximum absolute atomic E-state index is 12.4. The summed E-state index contributed by atoms with van der Waals surface area (Å²) in [6.45, 7) is 0. The van der Waals surface area contributed by atoms with Gasteiger partial charge in [0.1, 0.15) is 23.5 Å². The number of nitrogens with zero attached hydrogens (tertiary/aromatic N) is 4. The summed E-state index contributed by atoms with van der Waals surface area (Å²) >= 11 is 2.57. The first-order valence-electron chi connectivity index (χ1n) is 7.90. The molecule has 1 aromatic rings. The van der Waals surface area contributed by atoms with E-state index >= 15 is 0 Å². The Kier molecular flexibility index (Phi) is 7.84. The molecule has 1 aromatic heterocycles. The van der Waals surface area contributed by atoms with E-state index in [4.69, 9.17) is 0 Å². The van der Waals surface area contributed by atoms with Crippen LogP contribution in [0.1, 0.15) is 0 Å². The standard InChI is InChI=1S/C14H17N5O6S3.Na/c1-18-6-15-17-14(18)27-4-7-3-26-12-9(16-8(20)5-28(2,24)25)11(21)19(12)10(7)13(22)23;/h6,9,12H,3-5H2,1-2H3,(H,16,20)(H,22,23);/q;+1/p-1/t9-,12-;/m1./s1. The monoisotopic (exact) mass is 469 g/mol. The summed E-state index contributed by atoms with van der Waals surface area (Å²) < 4.78 is 24.1. The van der Waals surface area contributed by atoms with Gasteiger partial charge in [0, 0.05) is 24.8 Å². The molecule has 2 amide bonds. The fourth-order valence-corrected chi connectivity index (χ4v) is 5.72. The molecule has 11 nitrogen and oxygen atoms in total. The van der Waals surface area contributed by atoms with Crippen molar-refractivity contribution in [2.75, 3.05) is 23.5 Å². The third kappa shape index (κ3) is 5.35. The van der Waals surface area contributed by atoms with Gasteiger partial charge in [0.15, 0.2) is 15.0 Å². The van der Waals surface area contributed by atoms with Crippen molar-refractivity contribution in [2.24, 2.45) is 7.05 Å². The van der Waals surface area contributed by atoms with Gasteiger partial charge in [-0.3, -0.25) is 14.5 Å². The first-order valence-corrected chi connectivity index (χ1v) is 12.0. The van der Waals surface area contributed by atoms with Crippen LogP contribution in [-0.2, 0) is 31.3 Å². The van der Waals surface area contributed by atoms with Crippen molar-refractivity contribution in [1.82, 2.24) is 25.0 Å². The van der Waals surface area contributed by atoms with Gasteiger partial charge >= 0.3 is 29.6 Å². The zero-order valence-electron chi connectivity index (χ0n) is 15.8. The minimum Gasteiger partial charge on any atom is -0.543 e. The number of β-lactam (4-membered cyclic amide) rings is 1. The number of sulfone groups is 1. The number of carbonyl (C=O) groups excluding carboxylic acids is 3. The molecule has 0 aromatic carbocycles. The summed E-state index contributed by atoms with van der Waals surface area (Å²) in [7, 11) is -1.78. The number of aromatic nitrogens is 3. The molecule has 1 fully saturated rings. The first-order chi connectivity index (χ1) is 13.1. The molecular weight excluding hydrogens is 453 g/mol. The molecule has 0 spiro atoms. The summed E-state index contributed by atoms with van der Waals surface area (Å²) in [6, 6.07) is -0.971. The molecule has 29 heavy (non-hydrogen) atoms. The van der Waals surface area contributed by atoms with Crippen molar-refractivity contribution >= 4 is 51.1 Å². The van der Waals surface area contributed by atoms with E-state index in [1.807, 2.05) is 0 Å². The molecule has 0 aliphatic carbocycles. The molecule has 0 radical (unpaired) electrons. The summed E-state index contributed by atoms with van der Waals surface area (Å²) in [6.07, 6.45) is 2.43. The van der Waals surface area contributed by atoms with Gasteiger partial charge in [-0.05, 0) is 5.57 Å². The van der Waals surface area contributed by atoms with Crippen LogP contribution in [0.2, 0.25) is 0 Å². The van der Waals surface area contributed by atoms with E-state index < -0.39 is 44.8 Å². The van der Waals surface area contributed by atoms with Crippen LogP contribution in [0.5, 0.6) is 0 Å². The molecule has 152 valence electrons. The number of nitrogens with one attached hydrogen (secondary N) is 1. The smallest absolute Gasteiger partial charge is 0.543 e. The fraction of sp³-hybridized carbons (Fsp3) is 0.500. The Morgan fingerprint density at radius 1 is 1.45 bits per heavy atom. The van der Waals surface area contributed by atoms with Crippen LogP contribution in [0, 0.1) is 0 Å². The van der Waals surface area contributed by atoms with Crippen LogP contribution in [0.15, 0.2) is 22.8 Å². The minimum atomic E-state index is -3.54. The van der Waals surface area contributed by atoms with Crippen molar-refractivity contribution in [3.8, 4) is 0 Å². The number of carboxylic acid groups (broad SMARTS) is 1. The molecule has 15 heteroatoms. The van der Waals surface area contributed by atoms with Crippen molar-refractivity contribution in [1.29, 1.82) is 0 Å². The summed E-state index contributed by atoms with van der Waals surface area (Å²) in [5.41, 5.74) is 0.292. The van der Waals surface area contributed by atoms with Gasteiger partial charge in [-0.1, -0.05) is 11.8 Å². The SMILES string of the molecule is Cn1cnnc1SCC1=C(C(=O)[O-])N2C(=O)[C@@H](NC(=O)CS(C)(=O)=O)[C@H]2SC1.[Na+]. The van der Waals surface area contributed by atoms with E-state index in [1.165, 1.54) is 29.9 Å². The second-order valence-electron chi connectivity index (χ2n) is 6.28. The fourth-order valence-electron chi connectivity index (χ4n) is 2.79. The summed E-state index contributed by atoms with van der Waals surface area (Å²) in [5.74, 6) is -3.03. The maximum atomic E-state index is 12.4. The van der Waals surface area contributed by atoms with E-state index in [0.29, 0.717) is 16.5 Å². The van der Waals surface area contributed by atoms with Crippen LogP contribution < -0.4 is 40.0 Å². The number of fused-ring (bicyclic) bond motifs is 1. The number of rotatable bonds is 7. The average molecular weight is 470 g/mol. The summed E-state index contributed by atoms with van der Waals surface area (Å²) in [4.78, 5) is 37.0. The second kappa shape index (κ2) is 9.39. The van der Waals surface area contributed by atoms with Crippen LogP contribution >= 0.6 is 23.5 Å². The van der Waals surface area contributed by atoms with Crippen molar-refractivity contribution < 1.29 is 57.5 Å². The quantitative estimate of drug-likeness (QED) is 0.232. The molecule has 1 saturated heterocycles. The predicted octanol–water partition coefficient (Wildman–Crippen LogP) is -5.64. The van der Waals surface area contributed by atoms with E-state index in [1.54, 1.807) is 11.6 Å². The van der Waals surface area contributed by atoms with Crippen molar-refractivity contribution in [2.45, 2.75) is 16.6 Å². The molecule has 3 rings (SSSR count). The van der Waals surface area contributed by atoms with E-state index in [9.17, 15) is 27.9 Å². The van der Waals surface area contributed by atoms with E-state index in [0.717, 1.165) is 11.2 Å². The zero-order valence-corrected chi connectivity index (χ0v) is 20.3. The average Bonchev–Trinajstić information content (AvgIpc) is 3.00. The Morgan fingerprint density at radius 3 is 2.69 bits per heavy atom. The van der Waals surface area contributed by atoms with Crippen LogP contribution in [0.4, 0.5) is 0 Å². The number of thioether (sulfide) groups is 2. The summed E-state index contributed by atoms with van der Waals surface area (Å²) in [5, 5.41) is 21.7. The first kappa shape index (κ1) is 24.2. The van der Waals surface area contributed by atoms with E-state index in [2.05, 4.69) is 15.5 Å². The molecule has 0 unspecified atom stereocenters. The number of hydrogen-bond acceptors (Lipinski definition) is 10. The molecule has 2 atom stereocenters. The van der Waals surface area contributed by atoms with Gasteiger partial charge in [0.25, 0.3) is 5.91 Å². The van der Waals surface area contributed by atoms with Gasteiger partial charge < -0.3 is 19.8 Å². The van der Waals surface area contributed by atoms with Crippen LogP contribution in [0.3, 0.4) is 0 Å². The van der Waals surface area contributed by atoms with Gasteiger partial charge in [-0.15, -0.1) is 22.0 Å². The Labute approximate surface area is 197 Å². The van der Waals surface area contributed by atoms with E-state index in [-0.39, 0.29) is 41.0 Å². The third-order valence-electron chi connectivity index (χ3n) is 4.00. The molecule has 0 saturated carbocycles. The Bertz CT molecular complexity index is 978. The predicted molar refractivity (Wildman–Crippen MR) is 98.5 cm³/mol. The van der Waals surface area contributed by atoms with Gasteiger partial charge in [-0.25, -0.2) is 8.42 Å². The number of amides is 2. The Balaban J connectivity index is 0.00000300. The Morgan fingerprint density at radius 2 is 2.14 bits per heavy atom. The molecule has 2 aliphatic rings. The number of hydrogen-bond donors (Lipinski definition) is 1. The number of aliphatic carboxylic acids is 1. The topological polar surface area (TPSA) is 154 Å². The van der Waals surface area contributed by atoms with Gasteiger partial charge in [0.2, 0.25) is 5.91 Å². The minimum absolute atomic E-state index is 0. The van der Waals surface area contributed by atoms with Gasteiger partial charge in [-0.2, -0.15) is 0 Å². The van der Waals surface area contributed by atoms with Gasteiger partial charge in [0.05, 0.1) is 11.7 Å². The number of carbonyl (C=O) groups is 3. The van der Waals surface area contributed by atoms with Crippen LogP contribution in [0.25, 0.3) is 0 Å². The second-order valence-corrected chi connectivity index (χ2v) is 10.5. The zero-order chi connectivity index (χ0) is 20.6. The van der Waals surface area contributed by atoms with Crippen LogP contribution in [-0.4, -0.2) is 80.8 Å². The maximum Gasteiger partial charge on any atom is 1.00 e. The largest absolute Gasteiger partial charge is 1.00 e. The third-order valence-corrected chi connectivity index (χ3v) is 7.24. The normalized spacial score (nSPS) is 21.2. The molecule has 1 N–H and O–H groups in total. The molecule has 2 aliphatic heterocycles. The number of aryl methyl sites for hydroxylation is 1. The molecule has 3 heterocycles. The molecular formula is C14H16N5NaO6S3. The molecule has 0 bridgehead atoms. The number of carboxylic acids is 1. The van der Waals surface area contributed by atoms with Crippen molar-refractivity contribution in [3.63, 3.8) is 0 Å². The van der Waals surface area contributed by atoms with Crippen molar-refractivity contribution in [3.05, 3.63) is 17.6 Å². The Hall–Kier alpha value is -1.06.